The molecule has 2 aromatic carbocycles. The molecule has 4 rings (SSSR count). The number of nitrogens with zero attached hydrogens (tertiary/aromatic N) is 2. The van der Waals surface area contributed by atoms with Crippen LogP contribution in [0.1, 0.15) is 41.7 Å². The number of nitrogens with one attached hydrogen (secondary N) is 2. The van der Waals surface area contributed by atoms with Gasteiger partial charge in [0, 0.05) is 12.4 Å². The Bertz CT molecular complexity index is 1080. The van der Waals surface area contributed by atoms with E-state index in [0.29, 0.717) is 29.9 Å². The molecule has 2 N–H and O–H groups in total. The van der Waals surface area contributed by atoms with E-state index in [9.17, 15) is 9.59 Å². The van der Waals surface area contributed by atoms with E-state index in [1.165, 1.54) is 18.7 Å². The molecule has 0 bridgehead atoms. The molecule has 0 spiro atoms. The van der Waals surface area contributed by atoms with E-state index in [1.54, 1.807) is 7.11 Å². The Kier molecular flexibility index (Phi) is 6.02. The van der Waals surface area contributed by atoms with Crippen LogP contribution in [-0.4, -0.2) is 34.4 Å². The van der Waals surface area contributed by atoms with Gasteiger partial charge in [0.2, 0.25) is 5.91 Å². The van der Waals surface area contributed by atoms with Crippen LogP contribution in [-0.2, 0) is 4.79 Å². The number of methoxy groups -OCH3 is 1. The van der Waals surface area contributed by atoms with Crippen LogP contribution in [0.5, 0.6) is 17.2 Å². The van der Waals surface area contributed by atoms with E-state index in [2.05, 4.69) is 20.6 Å². The molecule has 32 heavy (non-hydrogen) atoms. The van der Waals surface area contributed by atoms with Crippen molar-refractivity contribution in [1.29, 1.82) is 0 Å². The predicted molar refractivity (Wildman–Crippen MR) is 118 cm³/mol. The molecule has 1 aromatic heterocycles. The molecule has 8 nitrogen and oxygen atoms in total. The van der Waals surface area contributed by atoms with Crippen LogP contribution in [0, 0.1) is 0 Å². The van der Waals surface area contributed by atoms with Gasteiger partial charge in [0.15, 0.2) is 0 Å². The Balaban J connectivity index is 1.34. The fraction of sp³-hybridized carbons (Fsp3) is 0.250. The number of rotatable bonds is 8. The molecule has 1 saturated carbocycles. The van der Waals surface area contributed by atoms with Gasteiger partial charge in [-0.2, -0.15) is 0 Å². The number of amides is 2. The predicted octanol–water partition coefficient (Wildman–Crippen LogP) is 3.42. The highest BCUT2D eigenvalue weighted by Gasteiger charge is 2.51. The lowest BCUT2D eigenvalue weighted by Crippen LogP contribution is -2.49. The molecule has 3 aromatic rings. The van der Waals surface area contributed by atoms with E-state index >= 15 is 0 Å². The number of benzene rings is 2. The molecule has 1 aliphatic carbocycles. The van der Waals surface area contributed by atoms with E-state index in [-0.39, 0.29) is 17.9 Å². The number of carbonyl (C=O) groups is 2. The highest BCUT2D eigenvalue weighted by Crippen LogP contribution is 2.36. The number of hydrogen-bond acceptors (Lipinski definition) is 6. The van der Waals surface area contributed by atoms with E-state index in [0.717, 1.165) is 11.3 Å². The standard InChI is InChI=1S/C24H24N4O4/c1-16(17-3-5-20(6-4-17)32-21-9-7-19(31-2)8-10-21)27-23(30)24(11-12-24)28-22(29)18-13-25-15-26-14-18/h3-10,13-16H,11-12H2,1-2H3,(H,27,30)(H,28,29). The first-order chi connectivity index (χ1) is 15.5. The van der Waals surface area contributed by atoms with Crippen molar-refractivity contribution in [2.45, 2.75) is 31.3 Å². The van der Waals surface area contributed by atoms with Crippen LogP contribution in [0.25, 0.3) is 0 Å². The van der Waals surface area contributed by atoms with Crippen molar-refractivity contribution < 1.29 is 19.1 Å². The van der Waals surface area contributed by atoms with Gasteiger partial charge in [0.1, 0.15) is 29.1 Å². The minimum absolute atomic E-state index is 0.200. The minimum Gasteiger partial charge on any atom is -0.497 e. The average Bonchev–Trinajstić information content (AvgIpc) is 3.61. The SMILES string of the molecule is COc1ccc(Oc2ccc(C(C)NC(=O)C3(NC(=O)c4cncnc4)CC3)cc2)cc1. The third-order valence-electron chi connectivity index (χ3n) is 5.38. The third-order valence-corrected chi connectivity index (χ3v) is 5.38. The molecule has 1 heterocycles. The summed E-state index contributed by atoms with van der Waals surface area (Å²) in [7, 11) is 1.62. The van der Waals surface area contributed by atoms with Crippen molar-refractivity contribution in [1.82, 2.24) is 20.6 Å². The Labute approximate surface area is 186 Å². The van der Waals surface area contributed by atoms with Crippen LogP contribution in [0.15, 0.2) is 67.3 Å². The van der Waals surface area contributed by atoms with Crippen molar-refractivity contribution in [2.75, 3.05) is 7.11 Å². The van der Waals surface area contributed by atoms with Gasteiger partial charge >= 0.3 is 0 Å². The van der Waals surface area contributed by atoms with Gasteiger partial charge in [-0.3, -0.25) is 9.59 Å². The topological polar surface area (TPSA) is 102 Å². The van der Waals surface area contributed by atoms with Crippen molar-refractivity contribution in [2.24, 2.45) is 0 Å². The molecule has 1 fully saturated rings. The summed E-state index contributed by atoms with van der Waals surface area (Å²) < 4.78 is 11.0. The fourth-order valence-electron chi connectivity index (χ4n) is 3.26. The summed E-state index contributed by atoms with van der Waals surface area (Å²) >= 11 is 0. The maximum Gasteiger partial charge on any atom is 0.255 e. The van der Waals surface area contributed by atoms with Gasteiger partial charge in [-0.25, -0.2) is 9.97 Å². The van der Waals surface area contributed by atoms with Crippen molar-refractivity contribution in [3.63, 3.8) is 0 Å². The molecular formula is C24H24N4O4. The van der Waals surface area contributed by atoms with Crippen molar-refractivity contribution in [3.8, 4) is 17.2 Å². The smallest absolute Gasteiger partial charge is 0.255 e. The monoisotopic (exact) mass is 432 g/mol. The van der Waals surface area contributed by atoms with Crippen LogP contribution in [0.4, 0.5) is 0 Å². The van der Waals surface area contributed by atoms with E-state index < -0.39 is 5.54 Å². The van der Waals surface area contributed by atoms with E-state index in [1.807, 2.05) is 55.5 Å². The summed E-state index contributed by atoms with van der Waals surface area (Å²) in [4.78, 5) is 32.9. The second-order valence-corrected chi connectivity index (χ2v) is 7.71. The van der Waals surface area contributed by atoms with Gasteiger partial charge in [-0.15, -0.1) is 0 Å². The van der Waals surface area contributed by atoms with Crippen LogP contribution >= 0.6 is 0 Å². The van der Waals surface area contributed by atoms with Gasteiger partial charge < -0.3 is 20.1 Å². The highest BCUT2D eigenvalue weighted by molar-refractivity contribution is 6.00. The number of carbonyl (C=O) groups excluding carboxylic acids is 2. The second kappa shape index (κ2) is 9.05. The third kappa shape index (κ3) is 4.85. The minimum atomic E-state index is -0.876. The molecular weight excluding hydrogens is 408 g/mol. The first-order valence-corrected chi connectivity index (χ1v) is 10.3. The summed E-state index contributed by atoms with van der Waals surface area (Å²) in [6.07, 6.45) is 5.40. The van der Waals surface area contributed by atoms with Gasteiger partial charge in [-0.1, -0.05) is 12.1 Å². The lowest BCUT2D eigenvalue weighted by Gasteiger charge is -2.21. The molecule has 0 saturated heterocycles. The Hall–Kier alpha value is -3.94. The molecule has 1 unspecified atom stereocenters. The zero-order valence-corrected chi connectivity index (χ0v) is 17.9. The second-order valence-electron chi connectivity index (χ2n) is 7.71. The number of ether oxygens (including phenoxy) is 2. The van der Waals surface area contributed by atoms with E-state index in [4.69, 9.17) is 9.47 Å². The van der Waals surface area contributed by atoms with Crippen LogP contribution in [0.2, 0.25) is 0 Å². The lowest BCUT2D eigenvalue weighted by atomic mass is 10.1. The maximum absolute atomic E-state index is 12.8. The summed E-state index contributed by atoms with van der Waals surface area (Å²) in [5, 5.41) is 5.82. The Morgan fingerprint density at radius 2 is 1.50 bits per heavy atom. The number of aromatic nitrogens is 2. The highest BCUT2D eigenvalue weighted by atomic mass is 16.5. The molecule has 2 amide bonds. The zero-order valence-electron chi connectivity index (χ0n) is 17.9. The summed E-state index contributed by atoms with van der Waals surface area (Å²) in [5.41, 5.74) is 0.379. The molecule has 8 heteroatoms. The molecule has 1 atom stereocenters. The molecule has 0 aliphatic heterocycles. The van der Waals surface area contributed by atoms with Crippen molar-refractivity contribution >= 4 is 11.8 Å². The summed E-state index contributed by atoms with van der Waals surface area (Å²) in [6.45, 7) is 1.90. The van der Waals surface area contributed by atoms with Gasteiger partial charge in [-0.05, 0) is 61.7 Å². The summed E-state index contributed by atoms with van der Waals surface area (Å²) in [5.74, 6) is 1.60. The van der Waals surface area contributed by atoms with Crippen LogP contribution in [0.3, 0.4) is 0 Å². The lowest BCUT2D eigenvalue weighted by molar-refractivity contribution is -0.124. The quantitative estimate of drug-likeness (QED) is 0.566. The average molecular weight is 432 g/mol. The molecule has 0 radical (unpaired) electrons. The van der Waals surface area contributed by atoms with Crippen LogP contribution < -0.4 is 20.1 Å². The first kappa shape index (κ1) is 21.3. The Morgan fingerprint density at radius 1 is 0.938 bits per heavy atom. The van der Waals surface area contributed by atoms with Crippen molar-refractivity contribution in [3.05, 3.63) is 78.4 Å². The largest absolute Gasteiger partial charge is 0.497 e. The zero-order chi connectivity index (χ0) is 22.6. The fourth-order valence-corrected chi connectivity index (χ4v) is 3.26. The maximum atomic E-state index is 12.8. The molecule has 1 aliphatic rings. The Morgan fingerprint density at radius 3 is 2.06 bits per heavy atom. The van der Waals surface area contributed by atoms with Gasteiger partial charge in [0.25, 0.3) is 5.91 Å². The van der Waals surface area contributed by atoms with Gasteiger partial charge in [0.05, 0.1) is 18.7 Å². The summed E-state index contributed by atoms with van der Waals surface area (Å²) in [6, 6.07) is 14.6. The normalized spacial score (nSPS) is 14.7. The molecule has 164 valence electrons. The number of hydrogen-bond donors (Lipinski definition) is 2. The first-order valence-electron chi connectivity index (χ1n) is 10.3.